The lowest BCUT2D eigenvalue weighted by molar-refractivity contribution is -0.146. The number of nitrogens with one attached hydrogen (secondary N) is 1. The molecule has 0 unspecified atom stereocenters. The molecule has 1 amide bonds. The van der Waals surface area contributed by atoms with Crippen molar-refractivity contribution in [3.63, 3.8) is 0 Å². The molecular formula is C27H22ClNO4S. The molecule has 1 N–H and O–H groups in total. The van der Waals surface area contributed by atoms with Gasteiger partial charge < -0.3 is 10.1 Å². The van der Waals surface area contributed by atoms with Crippen molar-refractivity contribution in [3.05, 3.63) is 105 Å². The molecule has 0 aliphatic heterocycles. The lowest BCUT2D eigenvalue weighted by atomic mass is 9.98. The van der Waals surface area contributed by atoms with Crippen LogP contribution >= 0.6 is 22.9 Å². The molecule has 0 aliphatic rings. The highest BCUT2D eigenvalue weighted by Gasteiger charge is 2.27. The number of esters is 1. The maximum atomic E-state index is 13.2. The number of carbonyl (C=O) groups is 3. The number of hydrogen-bond acceptors (Lipinski definition) is 5. The lowest BCUT2D eigenvalue weighted by Crippen LogP contribution is -2.32. The van der Waals surface area contributed by atoms with Gasteiger partial charge in [0.1, 0.15) is 11.4 Å². The van der Waals surface area contributed by atoms with Crippen molar-refractivity contribution in [2.24, 2.45) is 0 Å². The van der Waals surface area contributed by atoms with Gasteiger partial charge in [0, 0.05) is 21.2 Å². The van der Waals surface area contributed by atoms with Crippen LogP contribution in [0, 0.1) is 13.8 Å². The summed E-state index contributed by atoms with van der Waals surface area (Å²) in [6.07, 6.45) is -1.12. The quantitative estimate of drug-likeness (QED) is 0.251. The van der Waals surface area contributed by atoms with Crippen LogP contribution < -0.4 is 5.32 Å². The maximum absolute atomic E-state index is 13.2. The van der Waals surface area contributed by atoms with Gasteiger partial charge in [-0.25, -0.2) is 0 Å². The van der Waals surface area contributed by atoms with Crippen molar-refractivity contribution < 1.29 is 19.1 Å². The Hall–Kier alpha value is -3.48. The summed E-state index contributed by atoms with van der Waals surface area (Å²) in [5.41, 5.74) is 3.03. The van der Waals surface area contributed by atoms with Crippen LogP contribution in [0.3, 0.4) is 0 Å². The number of thiophene rings is 1. The highest BCUT2D eigenvalue weighted by Crippen LogP contribution is 2.35. The number of ketones is 1. The molecule has 1 atom stereocenters. The summed E-state index contributed by atoms with van der Waals surface area (Å²) < 4.78 is 6.44. The lowest BCUT2D eigenvalue weighted by Gasteiger charge is -2.18. The minimum absolute atomic E-state index is 0.321. The second-order valence-corrected chi connectivity index (χ2v) is 9.37. The third kappa shape index (κ3) is 5.19. The topological polar surface area (TPSA) is 72.5 Å². The molecule has 7 heteroatoms. The van der Waals surface area contributed by atoms with Crippen molar-refractivity contribution in [2.45, 2.75) is 20.0 Å². The first-order chi connectivity index (χ1) is 16.3. The normalized spacial score (nSPS) is 11.7. The zero-order valence-electron chi connectivity index (χ0n) is 18.6. The summed E-state index contributed by atoms with van der Waals surface area (Å²) in [4.78, 5) is 38.8. The molecule has 172 valence electrons. The fourth-order valence-electron chi connectivity index (χ4n) is 3.45. The molecule has 0 aliphatic carbocycles. The Bertz CT molecular complexity index is 1360. The van der Waals surface area contributed by atoms with Crippen LogP contribution in [-0.2, 0) is 9.53 Å². The molecule has 5 nitrogen and oxygen atoms in total. The Morgan fingerprint density at radius 3 is 2.18 bits per heavy atom. The molecular weight excluding hydrogens is 470 g/mol. The van der Waals surface area contributed by atoms with Crippen molar-refractivity contribution in [2.75, 3.05) is 6.54 Å². The Morgan fingerprint density at radius 2 is 1.53 bits per heavy atom. The smallest absolute Gasteiger partial charge is 0.326 e. The van der Waals surface area contributed by atoms with Crippen LogP contribution in [-0.4, -0.2) is 24.2 Å². The van der Waals surface area contributed by atoms with Crippen LogP contribution in [0.15, 0.2) is 72.8 Å². The predicted molar refractivity (Wildman–Crippen MR) is 135 cm³/mol. The van der Waals surface area contributed by atoms with E-state index in [1.807, 2.05) is 62.4 Å². The van der Waals surface area contributed by atoms with E-state index in [4.69, 9.17) is 16.3 Å². The van der Waals surface area contributed by atoms with E-state index in [1.54, 1.807) is 24.3 Å². The van der Waals surface area contributed by atoms with Gasteiger partial charge in [-0.05, 0) is 19.9 Å². The zero-order chi connectivity index (χ0) is 24.2. The Kier molecular flexibility index (Phi) is 7.10. The van der Waals surface area contributed by atoms with Crippen LogP contribution in [0.4, 0.5) is 0 Å². The van der Waals surface area contributed by atoms with Gasteiger partial charge in [0.15, 0.2) is 6.10 Å². The fraction of sp³-hybridized carbons (Fsp3) is 0.148. The van der Waals surface area contributed by atoms with Gasteiger partial charge in [-0.2, -0.15) is 0 Å². The molecule has 1 heterocycles. The van der Waals surface area contributed by atoms with Crippen molar-refractivity contribution >= 4 is 50.7 Å². The number of amides is 1. The molecule has 0 saturated heterocycles. The second kappa shape index (κ2) is 10.2. The summed E-state index contributed by atoms with van der Waals surface area (Å²) in [6, 6.07) is 21.7. The molecule has 3 aromatic carbocycles. The fourth-order valence-corrected chi connectivity index (χ4v) is 4.88. The van der Waals surface area contributed by atoms with Gasteiger partial charge in [0.2, 0.25) is 5.78 Å². The van der Waals surface area contributed by atoms with E-state index in [2.05, 4.69) is 5.32 Å². The molecule has 0 spiro atoms. The van der Waals surface area contributed by atoms with Crippen molar-refractivity contribution in [1.29, 1.82) is 0 Å². The Labute approximate surface area is 206 Å². The standard InChI is InChI=1S/C27H22ClNO4S/c1-16-7-11-18(12-8-16)24(31)25(19-13-9-17(2)10-14-19)33-22(30)15-29-27(32)26-23(28)20-5-3-4-6-21(20)34-26/h3-14,25H,15H2,1-2H3,(H,29,32)/t25-/m0/s1. The van der Waals surface area contributed by atoms with Gasteiger partial charge in [-0.1, -0.05) is 89.5 Å². The average molecular weight is 492 g/mol. The molecule has 1 aromatic heterocycles. The minimum Gasteiger partial charge on any atom is -0.448 e. The number of Topliss-reactive ketones (excluding diaryl/α,β-unsaturated/α-hetero) is 1. The third-order valence-corrected chi connectivity index (χ3v) is 7.01. The Morgan fingerprint density at radius 1 is 0.912 bits per heavy atom. The van der Waals surface area contributed by atoms with Gasteiger partial charge in [0.25, 0.3) is 5.91 Å². The van der Waals surface area contributed by atoms with E-state index in [0.717, 1.165) is 21.2 Å². The van der Waals surface area contributed by atoms with Crippen molar-refractivity contribution in [1.82, 2.24) is 5.32 Å². The second-order valence-electron chi connectivity index (χ2n) is 7.93. The van der Waals surface area contributed by atoms with Crippen LogP contribution in [0.25, 0.3) is 10.1 Å². The molecule has 0 bridgehead atoms. The Balaban J connectivity index is 1.49. The number of rotatable bonds is 7. The number of carbonyl (C=O) groups excluding carboxylic acids is 3. The highest BCUT2D eigenvalue weighted by atomic mass is 35.5. The predicted octanol–water partition coefficient (Wildman–Crippen LogP) is 6.07. The summed E-state index contributed by atoms with van der Waals surface area (Å²) in [5, 5.41) is 3.68. The first-order valence-corrected chi connectivity index (χ1v) is 11.8. The van der Waals surface area contributed by atoms with Gasteiger partial charge in [-0.15, -0.1) is 11.3 Å². The van der Waals surface area contributed by atoms with E-state index in [1.165, 1.54) is 11.3 Å². The monoisotopic (exact) mass is 491 g/mol. The third-order valence-electron chi connectivity index (χ3n) is 5.34. The van der Waals surface area contributed by atoms with Crippen LogP contribution in [0.5, 0.6) is 0 Å². The van der Waals surface area contributed by atoms with E-state index in [-0.39, 0.29) is 5.78 Å². The molecule has 4 aromatic rings. The SMILES string of the molecule is Cc1ccc(C(=O)[C@@H](OC(=O)CNC(=O)c2sc3ccccc3c2Cl)c2ccc(C)cc2)cc1. The maximum Gasteiger partial charge on any atom is 0.326 e. The largest absolute Gasteiger partial charge is 0.448 e. The molecule has 0 radical (unpaired) electrons. The average Bonchev–Trinajstić information content (AvgIpc) is 3.18. The number of hydrogen-bond donors (Lipinski definition) is 1. The van der Waals surface area contributed by atoms with Gasteiger partial charge in [-0.3, -0.25) is 14.4 Å². The number of ether oxygens (including phenoxy) is 1. The first kappa shape index (κ1) is 23.7. The minimum atomic E-state index is -1.12. The number of benzene rings is 3. The highest BCUT2D eigenvalue weighted by molar-refractivity contribution is 7.21. The summed E-state index contributed by atoms with van der Waals surface area (Å²) in [7, 11) is 0. The van der Waals surface area contributed by atoms with Crippen LogP contribution in [0.2, 0.25) is 5.02 Å². The van der Waals surface area contributed by atoms with E-state index in [0.29, 0.717) is 21.0 Å². The summed E-state index contributed by atoms with van der Waals surface area (Å²) in [6.45, 7) is 3.46. The first-order valence-electron chi connectivity index (χ1n) is 10.7. The number of fused-ring (bicyclic) bond motifs is 1. The zero-order valence-corrected chi connectivity index (χ0v) is 20.2. The van der Waals surface area contributed by atoms with Crippen LogP contribution in [0.1, 0.15) is 42.8 Å². The van der Waals surface area contributed by atoms with Crippen molar-refractivity contribution in [3.8, 4) is 0 Å². The summed E-state index contributed by atoms with van der Waals surface area (Å²) >= 11 is 7.60. The molecule has 0 saturated carbocycles. The number of halogens is 1. The number of aryl methyl sites for hydroxylation is 2. The molecule has 4 rings (SSSR count). The van der Waals surface area contributed by atoms with Gasteiger partial charge >= 0.3 is 5.97 Å². The van der Waals surface area contributed by atoms with E-state index in [9.17, 15) is 14.4 Å². The molecule has 0 fully saturated rings. The van der Waals surface area contributed by atoms with Gasteiger partial charge in [0.05, 0.1) is 5.02 Å². The summed E-state index contributed by atoms with van der Waals surface area (Å²) in [5.74, 6) is -1.53. The van der Waals surface area contributed by atoms with E-state index >= 15 is 0 Å². The van der Waals surface area contributed by atoms with E-state index < -0.39 is 24.5 Å². The molecule has 34 heavy (non-hydrogen) atoms.